The van der Waals surface area contributed by atoms with Crippen molar-refractivity contribution in [2.24, 2.45) is 11.7 Å². The average Bonchev–Trinajstić information content (AvgIpc) is 2.54. The van der Waals surface area contributed by atoms with Crippen LogP contribution in [-0.2, 0) is 16.1 Å². The van der Waals surface area contributed by atoms with Gasteiger partial charge < -0.3 is 20.7 Å². The van der Waals surface area contributed by atoms with Crippen molar-refractivity contribution in [3.8, 4) is 5.75 Å². The fraction of sp³-hybridized carbons (Fsp3) is 0.500. The molecule has 1 saturated heterocycles. The Balaban J connectivity index is 1.70. The van der Waals surface area contributed by atoms with E-state index in [2.05, 4.69) is 5.32 Å². The molecule has 1 heterocycles. The number of hydrogen-bond acceptors (Lipinski definition) is 3. The molecule has 120 valence electrons. The van der Waals surface area contributed by atoms with E-state index in [4.69, 9.17) is 10.5 Å². The summed E-state index contributed by atoms with van der Waals surface area (Å²) in [7, 11) is 1.63. The zero-order valence-corrected chi connectivity index (χ0v) is 12.9. The molecule has 2 rings (SSSR count). The second-order valence-corrected chi connectivity index (χ2v) is 5.73. The van der Waals surface area contributed by atoms with E-state index in [1.54, 1.807) is 7.11 Å². The SMILES string of the molecule is COc1ccc(CNC(=O)C[NH+]2CCC(C(N)=O)CC2)cc1. The second kappa shape index (κ2) is 7.79. The lowest BCUT2D eigenvalue weighted by Crippen LogP contribution is -3.14. The van der Waals surface area contributed by atoms with E-state index < -0.39 is 0 Å². The number of hydrogen-bond donors (Lipinski definition) is 3. The van der Waals surface area contributed by atoms with Crippen LogP contribution in [0.4, 0.5) is 0 Å². The zero-order valence-electron chi connectivity index (χ0n) is 12.9. The van der Waals surface area contributed by atoms with Gasteiger partial charge in [-0.1, -0.05) is 12.1 Å². The number of nitrogens with one attached hydrogen (secondary N) is 2. The fourth-order valence-electron chi connectivity index (χ4n) is 2.72. The summed E-state index contributed by atoms with van der Waals surface area (Å²) < 4.78 is 5.10. The van der Waals surface area contributed by atoms with Gasteiger partial charge in [0.25, 0.3) is 5.91 Å². The van der Waals surface area contributed by atoms with Crippen LogP contribution in [0.5, 0.6) is 5.75 Å². The molecule has 0 bridgehead atoms. The van der Waals surface area contributed by atoms with Gasteiger partial charge in [-0.25, -0.2) is 0 Å². The molecule has 0 spiro atoms. The molecule has 1 aliphatic rings. The van der Waals surface area contributed by atoms with Crippen LogP contribution in [0.1, 0.15) is 18.4 Å². The quantitative estimate of drug-likeness (QED) is 0.636. The second-order valence-electron chi connectivity index (χ2n) is 5.73. The molecular weight excluding hydrogens is 282 g/mol. The molecule has 22 heavy (non-hydrogen) atoms. The Morgan fingerprint density at radius 2 is 1.91 bits per heavy atom. The standard InChI is InChI=1S/C16H23N3O3/c1-22-14-4-2-12(3-5-14)10-18-15(20)11-19-8-6-13(7-9-19)16(17)21/h2-5,13H,6-11H2,1H3,(H2,17,21)(H,18,20)/p+1. The highest BCUT2D eigenvalue weighted by molar-refractivity contribution is 5.77. The third kappa shape index (κ3) is 4.73. The van der Waals surface area contributed by atoms with Crippen molar-refractivity contribution in [2.45, 2.75) is 19.4 Å². The number of ether oxygens (including phenoxy) is 1. The maximum atomic E-state index is 12.0. The number of carbonyl (C=O) groups excluding carboxylic acids is 2. The van der Waals surface area contributed by atoms with Gasteiger partial charge in [-0.3, -0.25) is 9.59 Å². The van der Waals surface area contributed by atoms with Crippen molar-refractivity contribution in [1.29, 1.82) is 0 Å². The number of quaternary nitrogens is 1. The Labute approximate surface area is 130 Å². The summed E-state index contributed by atoms with van der Waals surface area (Å²) >= 11 is 0. The molecule has 1 aromatic rings. The normalized spacial score (nSPS) is 21.1. The summed E-state index contributed by atoms with van der Waals surface area (Å²) in [4.78, 5) is 24.3. The van der Waals surface area contributed by atoms with E-state index in [-0.39, 0.29) is 17.7 Å². The lowest BCUT2D eigenvalue weighted by Gasteiger charge is -2.27. The van der Waals surface area contributed by atoms with E-state index in [1.807, 2.05) is 24.3 Å². The van der Waals surface area contributed by atoms with Crippen LogP contribution in [0.15, 0.2) is 24.3 Å². The van der Waals surface area contributed by atoms with Gasteiger partial charge in [-0.05, 0) is 17.7 Å². The molecular formula is C16H24N3O3+. The maximum absolute atomic E-state index is 12.0. The summed E-state index contributed by atoms with van der Waals surface area (Å²) in [5.41, 5.74) is 6.35. The molecule has 4 N–H and O–H groups in total. The summed E-state index contributed by atoms with van der Waals surface area (Å²) in [5, 5.41) is 2.93. The lowest BCUT2D eigenvalue weighted by molar-refractivity contribution is -0.897. The Morgan fingerprint density at radius 3 is 2.45 bits per heavy atom. The topological polar surface area (TPSA) is 85.9 Å². The van der Waals surface area contributed by atoms with Crippen LogP contribution >= 0.6 is 0 Å². The molecule has 0 aromatic heterocycles. The maximum Gasteiger partial charge on any atom is 0.275 e. The Morgan fingerprint density at radius 1 is 1.27 bits per heavy atom. The Kier molecular flexibility index (Phi) is 5.77. The molecule has 0 saturated carbocycles. The molecule has 0 radical (unpaired) electrons. The van der Waals surface area contributed by atoms with Gasteiger partial charge in [0.05, 0.1) is 20.2 Å². The van der Waals surface area contributed by atoms with Gasteiger partial charge in [0.1, 0.15) is 5.75 Å². The van der Waals surface area contributed by atoms with Crippen molar-refractivity contribution >= 4 is 11.8 Å². The molecule has 1 aliphatic heterocycles. The van der Waals surface area contributed by atoms with Gasteiger partial charge in [-0.2, -0.15) is 0 Å². The minimum Gasteiger partial charge on any atom is -0.497 e. The molecule has 0 unspecified atom stereocenters. The third-order valence-corrected chi connectivity index (χ3v) is 4.15. The molecule has 2 amide bonds. The number of carbonyl (C=O) groups is 2. The first-order valence-electron chi connectivity index (χ1n) is 7.61. The number of piperidine rings is 1. The summed E-state index contributed by atoms with van der Waals surface area (Å²) in [5.74, 6) is 0.592. The van der Waals surface area contributed by atoms with Crippen molar-refractivity contribution in [3.63, 3.8) is 0 Å². The molecule has 1 fully saturated rings. The van der Waals surface area contributed by atoms with E-state index in [1.165, 1.54) is 4.90 Å². The predicted octanol–water partition coefficient (Wildman–Crippen LogP) is -0.908. The largest absolute Gasteiger partial charge is 0.497 e. The first kappa shape index (κ1) is 16.3. The number of methoxy groups -OCH3 is 1. The number of nitrogens with two attached hydrogens (primary N) is 1. The number of primary amides is 1. The van der Waals surface area contributed by atoms with Crippen LogP contribution in [-0.4, -0.2) is 38.6 Å². The van der Waals surface area contributed by atoms with Crippen molar-refractivity contribution < 1.29 is 19.2 Å². The van der Waals surface area contributed by atoms with Gasteiger partial charge in [-0.15, -0.1) is 0 Å². The van der Waals surface area contributed by atoms with E-state index >= 15 is 0 Å². The van der Waals surface area contributed by atoms with Crippen molar-refractivity contribution in [1.82, 2.24) is 5.32 Å². The van der Waals surface area contributed by atoms with E-state index in [0.717, 1.165) is 37.2 Å². The number of benzene rings is 1. The minimum atomic E-state index is -0.219. The van der Waals surface area contributed by atoms with Gasteiger partial charge in [0.2, 0.25) is 5.91 Å². The van der Waals surface area contributed by atoms with Crippen molar-refractivity contribution in [3.05, 3.63) is 29.8 Å². The van der Waals surface area contributed by atoms with Crippen LogP contribution in [0.2, 0.25) is 0 Å². The predicted molar refractivity (Wildman–Crippen MR) is 82.3 cm³/mol. The highest BCUT2D eigenvalue weighted by atomic mass is 16.5. The minimum absolute atomic E-state index is 0.0221. The highest BCUT2D eigenvalue weighted by Gasteiger charge is 2.26. The molecule has 0 aliphatic carbocycles. The smallest absolute Gasteiger partial charge is 0.275 e. The molecule has 1 aromatic carbocycles. The number of amides is 2. The van der Waals surface area contributed by atoms with Gasteiger partial charge in [0, 0.05) is 25.3 Å². The van der Waals surface area contributed by atoms with Gasteiger partial charge >= 0.3 is 0 Å². The first-order valence-corrected chi connectivity index (χ1v) is 7.61. The van der Waals surface area contributed by atoms with Gasteiger partial charge in [0.15, 0.2) is 6.54 Å². The summed E-state index contributed by atoms with van der Waals surface area (Å²) in [6.07, 6.45) is 1.55. The van der Waals surface area contributed by atoms with Crippen LogP contribution in [0, 0.1) is 5.92 Å². The molecule has 0 atom stereocenters. The third-order valence-electron chi connectivity index (χ3n) is 4.15. The average molecular weight is 306 g/mol. The molecule has 6 heteroatoms. The van der Waals surface area contributed by atoms with Crippen LogP contribution in [0.25, 0.3) is 0 Å². The monoisotopic (exact) mass is 306 g/mol. The fourth-order valence-corrected chi connectivity index (χ4v) is 2.72. The number of likely N-dealkylation sites (tertiary alicyclic amines) is 1. The molecule has 6 nitrogen and oxygen atoms in total. The van der Waals surface area contributed by atoms with Crippen LogP contribution < -0.4 is 20.7 Å². The van der Waals surface area contributed by atoms with E-state index in [0.29, 0.717) is 13.1 Å². The first-order chi connectivity index (χ1) is 10.6. The number of rotatable bonds is 6. The van der Waals surface area contributed by atoms with Crippen molar-refractivity contribution in [2.75, 3.05) is 26.7 Å². The van der Waals surface area contributed by atoms with Crippen LogP contribution in [0.3, 0.4) is 0 Å². The lowest BCUT2D eigenvalue weighted by atomic mass is 9.96. The summed E-state index contributed by atoms with van der Waals surface area (Å²) in [6.45, 7) is 2.61. The highest BCUT2D eigenvalue weighted by Crippen LogP contribution is 2.11. The Hall–Kier alpha value is -2.08. The van der Waals surface area contributed by atoms with E-state index in [9.17, 15) is 9.59 Å². The Bertz CT molecular complexity index is 508. The zero-order chi connectivity index (χ0) is 15.9. The summed E-state index contributed by atoms with van der Waals surface area (Å²) in [6, 6.07) is 7.62.